The van der Waals surface area contributed by atoms with Crippen molar-refractivity contribution in [2.24, 2.45) is 0 Å². The smallest absolute Gasteiger partial charge is 0.140 e. The van der Waals surface area contributed by atoms with E-state index < -0.39 is 0 Å². The SMILES string of the molecule is CCCc1cc(Cl)nc(CSc2cccc(Cl)c2)n1. The van der Waals surface area contributed by atoms with E-state index in [9.17, 15) is 0 Å². The van der Waals surface area contributed by atoms with Crippen molar-refractivity contribution in [3.8, 4) is 0 Å². The highest BCUT2D eigenvalue weighted by Crippen LogP contribution is 2.24. The summed E-state index contributed by atoms with van der Waals surface area (Å²) < 4.78 is 0. The van der Waals surface area contributed by atoms with Crippen LogP contribution in [0.3, 0.4) is 0 Å². The van der Waals surface area contributed by atoms with E-state index in [1.54, 1.807) is 11.8 Å². The zero-order valence-electron chi connectivity index (χ0n) is 10.6. The molecule has 5 heteroatoms. The molecule has 100 valence electrons. The van der Waals surface area contributed by atoms with Gasteiger partial charge in [0.15, 0.2) is 0 Å². The Morgan fingerprint density at radius 1 is 1.16 bits per heavy atom. The van der Waals surface area contributed by atoms with Crippen LogP contribution in [0, 0.1) is 0 Å². The minimum atomic E-state index is 0.514. The van der Waals surface area contributed by atoms with Gasteiger partial charge in [-0.2, -0.15) is 0 Å². The van der Waals surface area contributed by atoms with Gasteiger partial charge in [0.05, 0.1) is 5.75 Å². The lowest BCUT2D eigenvalue weighted by molar-refractivity contribution is 0.853. The van der Waals surface area contributed by atoms with Crippen molar-refractivity contribution in [3.63, 3.8) is 0 Å². The first-order valence-corrected chi connectivity index (χ1v) is 7.82. The number of aromatic nitrogens is 2. The Morgan fingerprint density at radius 2 is 2.00 bits per heavy atom. The fraction of sp³-hybridized carbons (Fsp3) is 0.286. The van der Waals surface area contributed by atoms with Crippen LogP contribution in [0.4, 0.5) is 0 Å². The lowest BCUT2D eigenvalue weighted by atomic mass is 10.2. The summed E-state index contributed by atoms with van der Waals surface area (Å²) in [5, 5.41) is 1.25. The van der Waals surface area contributed by atoms with Crippen molar-refractivity contribution in [2.75, 3.05) is 0 Å². The van der Waals surface area contributed by atoms with E-state index in [0.29, 0.717) is 10.9 Å². The van der Waals surface area contributed by atoms with E-state index in [2.05, 4.69) is 16.9 Å². The van der Waals surface area contributed by atoms with Gasteiger partial charge >= 0.3 is 0 Å². The molecule has 0 N–H and O–H groups in total. The monoisotopic (exact) mass is 312 g/mol. The largest absolute Gasteiger partial charge is 0.237 e. The van der Waals surface area contributed by atoms with Gasteiger partial charge in [-0.3, -0.25) is 0 Å². The van der Waals surface area contributed by atoms with Crippen LogP contribution in [-0.4, -0.2) is 9.97 Å². The first kappa shape index (κ1) is 14.6. The second-order valence-corrected chi connectivity index (χ2v) is 5.97. The van der Waals surface area contributed by atoms with Crippen LogP contribution in [0.15, 0.2) is 35.2 Å². The van der Waals surface area contributed by atoms with Crippen LogP contribution in [0.2, 0.25) is 10.2 Å². The second kappa shape index (κ2) is 7.13. The molecular weight excluding hydrogens is 299 g/mol. The summed E-state index contributed by atoms with van der Waals surface area (Å²) in [5.41, 5.74) is 1.00. The number of thioether (sulfide) groups is 1. The first-order valence-electron chi connectivity index (χ1n) is 6.08. The third kappa shape index (κ3) is 4.68. The Hall–Kier alpha value is -0.770. The third-order valence-corrected chi connectivity index (χ3v) is 3.88. The number of hydrogen-bond donors (Lipinski definition) is 0. The minimum Gasteiger partial charge on any atom is -0.237 e. The van der Waals surface area contributed by atoms with E-state index in [4.69, 9.17) is 23.2 Å². The van der Waals surface area contributed by atoms with Crippen LogP contribution in [0.1, 0.15) is 24.9 Å². The quantitative estimate of drug-likeness (QED) is 0.572. The zero-order valence-corrected chi connectivity index (χ0v) is 12.9. The van der Waals surface area contributed by atoms with Crippen molar-refractivity contribution < 1.29 is 0 Å². The highest BCUT2D eigenvalue weighted by Gasteiger charge is 2.04. The van der Waals surface area contributed by atoms with Gasteiger partial charge in [0.25, 0.3) is 0 Å². The van der Waals surface area contributed by atoms with Crippen molar-refractivity contribution in [3.05, 3.63) is 52.0 Å². The summed E-state index contributed by atoms with van der Waals surface area (Å²) >= 11 is 13.6. The van der Waals surface area contributed by atoms with Gasteiger partial charge in [0.1, 0.15) is 11.0 Å². The summed E-state index contributed by atoms with van der Waals surface area (Å²) in [6, 6.07) is 9.59. The van der Waals surface area contributed by atoms with Crippen LogP contribution < -0.4 is 0 Å². The molecule has 0 atom stereocenters. The van der Waals surface area contributed by atoms with E-state index in [-0.39, 0.29) is 0 Å². The van der Waals surface area contributed by atoms with Gasteiger partial charge in [0, 0.05) is 15.6 Å². The maximum atomic E-state index is 6.01. The standard InChI is InChI=1S/C14H14Cl2N2S/c1-2-4-11-8-13(16)18-14(17-11)9-19-12-6-3-5-10(15)7-12/h3,5-8H,2,4,9H2,1H3. The van der Waals surface area contributed by atoms with Crippen molar-refractivity contribution in [2.45, 2.75) is 30.4 Å². The van der Waals surface area contributed by atoms with Gasteiger partial charge < -0.3 is 0 Å². The molecule has 1 aromatic heterocycles. The van der Waals surface area contributed by atoms with Crippen LogP contribution in [-0.2, 0) is 12.2 Å². The first-order chi connectivity index (χ1) is 9.17. The summed E-state index contributed by atoms with van der Waals surface area (Å²) in [6.07, 6.45) is 1.98. The lowest BCUT2D eigenvalue weighted by Gasteiger charge is -2.05. The Morgan fingerprint density at radius 3 is 2.74 bits per heavy atom. The molecule has 1 heterocycles. The molecule has 19 heavy (non-hydrogen) atoms. The average molecular weight is 313 g/mol. The molecule has 0 radical (unpaired) electrons. The van der Waals surface area contributed by atoms with Crippen molar-refractivity contribution >= 4 is 35.0 Å². The summed E-state index contributed by atoms with van der Waals surface area (Å²) in [5.74, 6) is 1.46. The topological polar surface area (TPSA) is 25.8 Å². The lowest BCUT2D eigenvalue weighted by Crippen LogP contribution is -1.98. The van der Waals surface area contributed by atoms with E-state index >= 15 is 0 Å². The molecule has 0 aliphatic heterocycles. The number of halogens is 2. The molecule has 0 aliphatic carbocycles. The number of hydrogen-bond acceptors (Lipinski definition) is 3. The average Bonchev–Trinajstić information content (AvgIpc) is 2.36. The maximum absolute atomic E-state index is 6.01. The van der Waals surface area contributed by atoms with Gasteiger partial charge in [0.2, 0.25) is 0 Å². The number of nitrogens with zero attached hydrogens (tertiary/aromatic N) is 2. The fourth-order valence-corrected chi connectivity index (χ4v) is 2.96. The molecule has 0 aliphatic rings. The van der Waals surface area contributed by atoms with E-state index in [1.807, 2.05) is 30.3 Å². The Bertz CT molecular complexity index is 561. The minimum absolute atomic E-state index is 0.514. The van der Waals surface area contributed by atoms with Gasteiger partial charge in [-0.05, 0) is 30.7 Å². The normalized spacial score (nSPS) is 10.7. The van der Waals surface area contributed by atoms with Gasteiger partial charge in [-0.1, -0.05) is 42.6 Å². The molecule has 2 nitrogen and oxygen atoms in total. The number of benzene rings is 1. The van der Waals surface area contributed by atoms with E-state index in [0.717, 1.165) is 34.3 Å². The maximum Gasteiger partial charge on any atom is 0.140 e. The summed E-state index contributed by atoms with van der Waals surface area (Å²) in [6.45, 7) is 2.12. The predicted molar refractivity (Wildman–Crippen MR) is 82.1 cm³/mol. The van der Waals surface area contributed by atoms with Crippen LogP contribution >= 0.6 is 35.0 Å². The fourth-order valence-electron chi connectivity index (χ4n) is 1.67. The van der Waals surface area contributed by atoms with Gasteiger partial charge in [-0.15, -0.1) is 11.8 Å². The Labute approximate surface area is 127 Å². The molecule has 0 saturated carbocycles. The molecule has 0 unspecified atom stereocenters. The number of rotatable bonds is 5. The highest BCUT2D eigenvalue weighted by molar-refractivity contribution is 7.98. The van der Waals surface area contributed by atoms with Crippen LogP contribution in [0.25, 0.3) is 0 Å². The molecule has 0 bridgehead atoms. The molecule has 2 rings (SSSR count). The zero-order chi connectivity index (χ0) is 13.7. The predicted octanol–water partition coefficient (Wildman–Crippen LogP) is 5.03. The van der Waals surface area contributed by atoms with Crippen LogP contribution in [0.5, 0.6) is 0 Å². The molecule has 0 spiro atoms. The van der Waals surface area contributed by atoms with E-state index in [1.165, 1.54) is 0 Å². The summed E-state index contributed by atoms with van der Waals surface area (Å²) in [7, 11) is 0. The molecule has 0 saturated heterocycles. The third-order valence-electron chi connectivity index (χ3n) is 2.46. The molecule has 0 fully saturated rings. The molecular formula is C14H14Cl2N2S. The molecule has 0 amide bonds. The Balaban J connectivity index is 2.06. The highest BCUT2D eigenvalue weighted by atomic mass is 35.5. The van der Waals surface area contributed by atoms with Crippen molar-refractivity contribution in [1.82, 2.24) is 9.97 Å². The molecule has 1 aromatic carbocycles. The van der Waals surface area contributed by atoms with Gasteiger partial charge in [-0.25, -0.2) is 9.97 Å². The Kier molecular flexibility index (Phi) is 5.49. The number of aryl methyl sites for hydroxylation is 1. The summed E-state index contributed by atoms with van der Waals surface area (Å²) in [4.78, 5) is 9.87. The van der Waals surface area contributed by atoms with Crippen molar-refractivity contribution in [1.29, 1.82) is 0 Å². The molecule has 2 aromatic rings. The second-order valence-electron chi connectivity index (χ2n) is 4.09.